The van der Waals surface area contributed by atoms with Crippen LogP contribution >= 0.6 is 0 Å². The van der Waals surface area contributed by atoms with Crippen molar-refractivity contribution in [3.63, 3.8) is 0 Å². The molecule has 3 heteroatoms. The first-order chi connectivity index (χ1) is 8.61. The zero-order valence-corrected chi connectivity index (χ0v) is 10.9. The summed E-state index contributed by atoms with van der Waals surface area (Å²) < 4.78 is 0. The van der Waals surface area contributed by atoms with Crippen molar-refractivity contribution in [1.29, 1.82) is 0 Å². The number of carbonyl (C=O) groups is 1. The Morgan fingerprint density at radius 1 is 1.33 bits per heavy atom. The molecule has 1 unspecified atom stereocenters. The van der Waals surface area contributed by atoms with Crippen LogP contribution in [0.25, 0.3) is 0 Å². The zero-order valence-electron chi connectivity index (χ0n) is 10.9. The predicted molar refractivity (Wildman–Crippen MR) is 71.4 cm³/mol. The van der Waals surface area contributed by atoms with E-state index in [0.717, 1.165) is 12.1 Å². The standard InChI is InChI=1S/C15H21NO2/c1-15(9-5-6-10-15)11-16-13(14(17)18)12-7-3-2-4-8-12/h2-4,7-8,13,16H,5-6,9-11H2,1H3,(H,17,18). The minimum Gasteiger partial charge on any atom is -0.480 e. The molecule has 1 aliphatic carbocycles. The van der Waals surface area contributed by atoms with E-state index >= 15 is 0 Å². The van der Waals surface area contributed by atoms with Crippen LogP contribution in [0.2, 0.25) is 0 Å². The van der Waals surface area contributed by atoms with Crippen molar-refractivity contribution in [1.82, 2.24) is 5.32 Å². The summed E-state index contributed by atoms with van der Waals surface area (Å²) >= 11 is 0. The van der Waals surface area contributed by atoms with Crippen molar-refractivity contribution in [2.75, 3.05) is 6.54 Å². The van der Waals surface area contributed by atoms with Crippen molar-refractivity contribution in [2.45, 2.75) is 38.6 Å². The molecular formula is C15H21NO2. The van der Waals surface area contributed by atoms with Gasteiger partial charge in [0.1, 0.15) is 6.04 Å². The van der Waals surface area contributed by atoms with Crippen molar-refractivity contribution in [3.05, 3.63) is 35.9 Å². The van der Waals surface area contributed by atoms with E-state index in [-0.39, 0.29) is 5.41 Å². The fraction of sp³-hybridized carbons (Fsp3) is 0.533. The highest BCUT2D eigenvalue weighted by Gasteiger charge is 2.30. The van der Waals surface area contributed by atoms with Crippen LogP contribution in [0.3, 0.4) is 0 Å². The summed E-state index contributed by atoms with van der Waals surface area (Å²) in [5.41, 5.74) is 1.09. The fourth-order valence-corrected chi connectivity index (χ4v) is 2.75. The van der Waals surface area contributed by atoms with E-state index in [1.807, 2.05) is 30.3 Å². The lowest BCUT2D eigenvalue weighted by atomic mass is 9.88. The summed E-state index contributed by atoms with van der Waals surface area (Å²) in [5, 5.41) is 12.5. The minimum absolute atomic E-state index is 0.266. The zero-order chi connectivity index (χ0) is 13.0. The minimum atomic E-state index is -0.803. The summed E-state index contributed by atoms with van der Waals surface area (Å²) in [6.45, 7) is 3.02. The van der Waals surface area contributed by atoms with Crippen molar-refractivity contribution >= 4 is 5.97 Å². The van der Waals surface area contributed by atoms with Crippen LogP contribution in [0, 0.1) is 5.41 Å². The lowest BCUT2D eigenvalue weighted by Crippen LogP contribution is -2.36. The van der Waals surface area contributed by atoms with E-state index in [4.69, 9.17) is 0 Å². The molecule has 3 nitrogen and oxygen atoms in total. The Labute approximate surface area is 108 Å². The van der Waals surface area contributed by atoms with Gasteiger partial charge in [0.05, 0.1) is 0 Å². The Hall–Kier alpha value is -1.35. The molecule has 1 aliphatic rings. The quantitative estimate of drug-likeness (QED) is 0.841. The highest BCUT2D eigenvalue weighted by Crippen LogP contribution is 2.37. The van der Waals surface area contributed by atoms with Gasteiger partial charge in [0.15, 0.2) is 0 Å². The molecule has 0 bridgehead atoms. The Bertz CT molecular complexity index is 396. The van der Waals surface area contributed by atoms with Gasteiger partial charge in [-0.15, -0.1) is 0 Å². The third kappa shape index (κ3) is 3.10. The van der Waals surface area contributed by atoms with Crippen molar-refractivity contribution in [2.24, 2.45) is 5.41 Å². The molecule has 0 spiro atoms. The van der Waals surface area contributed by atoms with Crippen molar-refractivity contribution in [3.8, 4) is 0 Å². The summed E-state index contributed by atoms with van der Waals surface area (Å²) in [7, 11) is 0. The van der Waals surface area contributed by atoms with Gasteiger partial charge in [-0.1, -0.05) is 50.1 Å². The fourth-order valence-electron chi connectivity index (χ4n) is 2.75. The molecule has 98 valence electrons. The Morgan fingerprint density at radius 3 is 2.50 bits per heavy atom. The second kappa shape index (κ2) is 5.53. The molecular weight excluding hydrogens is 226 g/mol. The summed E-state index contributed by atoms with van der Waals surface area (Å²) in [6, 6.07) is 8.80. The molecule has 2 N–H and O–H groups in total. The SMILES string of the molecule is CC1(CNC(C(=O)O)c2ccccc2)CCCC1. The summed E-state index contributed by atoms with van der Waals surface area (Å²) in [5.74, 6) is -0.803. The van der Waals surface area contributed by atoms with Gasteiger partial charge in [0.25, 0.3) is 0 Å². The second-order valence-electron chi connectivity index (χ2n) is 5.58. The first-order valence-electron chi connectivity index (χ1n) is 6.62. The van der Waals surface area contributed by atoms with E-state index in [1.54, 1.807) is 0 Å². The van der Waals surface area contributed by atoms with E-state index < -0.39 is 12.0 Å². The number of nitrogens with one attached hydrogen (secondary N) is 1. The van der Waals surface area contributed by atoms with Crippen LogP contribution in [-0.2, 0) is 4.79 Å². The maximum absolute atomic E-state index is 11.3. The third-order valence-electron chi connectivity index (χ3n) is 3.92. The second-order valence-corrected chi connectivity index (χ2v) is 5.58. The molecule has 1 aromatic carbocycles. The Balaban J connectivity index is 2.01. The molecule has 1 fully saturated rings. The van der Waals surface area contributed by atoms with Crippen LogP contribution in [0.1, 0.15) is 44.2 Å². The number of rotatable bonds is 5. The Morgan fingerprint density at radius 2 is 1.94 bits per heavy atom. The molecule has 1 aromatic rings. The average molecular weight is 247 g/mol. The van der Waals surface area contributed by atoms with Crippen LogP contribution in [0.4, 0.5) is 0 Å². The molecule has 1 saturated carbocycles. The largest absolute Gasteiger partial charge is 0.480 e. The third-order valence-corrected chi connectivity index (χ3v) is 3.92. The van der Waals surface area contributed by atoms with Crippen LogP contribution in [0.15, 0.2) is 30.3 Å². The topological polar surface area (TPSA) is 49.3 Å². The number of hydrogen-bond acceptors (Lipinski definition) is 2. The lowest BCUT2D eigenvalue weighted by Gasteiger charge is -2.26. The normalized spacial score (nSPS) is 19.6. The lowest BCUT2D eigenvalue weighted by molar-refractivity contribution is -0.139. The molecule has 0 radical (unpaired) electrons. The molecule has 0 saturated heterocycles. The average Bonchev–Trinajstić information content (AvgIpc) is 2.78. The molecule has 1 atom stereocenters. The van der Waals surface area contributed by atoms with Gasteiger partial charge in [-0.2, -0.15) is 0 Å². The maximum atomic E-state index is 11.3. The van der Waals surface area contributed by atoms with Gasteiger partial charge in [0, 0.05) is 6.54 Å². The molecule has 18 heavy (non-hydrogen) atoms. The number of benzene rings is 1. The van der Waals surface area contributed by atoms with Crippen LogP contribution < -0.4 is 5.32 Å². The monoisotopic (exact) mass is 247 g/mol. The molecule has 0 aliphatic heterocycles. The number of hydrogen-bond donors (Lipinski definition) is 2. The first kappa shape index (κ1) is 13.1. The van der Waals surface area contributed by atoms with E-state index in [0.29, 0.717) is 0 Å². The molecule has 0 aromatic heterocycles. The van der Waals surface area contributed by atoms with Gasteiger partial charge in [-0.05, 0) is 23.8 Å². The van der Waals surface area contributed by atoms with Crippen LogP contribution in [-0.4, -0.2) is 17.6 Å². The summed E-state index contributed by atoms with van der Waals surface area (Å²) in [4.78, 5) is 11.3. The molecule has 0 amide bonds. The first-order valence-corrected chi connectivity index (χ1v) is 6.62. The number of carboxylic acids is 1. The van der Waals surface area contributed by atoms with Gasteiger partial charge < -0.3 is 10.4 Å². The maximum Gasteiger partial charge on any atom is 0.325 e. The highest BCUT2D eigenvalue weighted by molar-refractivity contribution is 5.75. The Kier molecular flexibility index (Phi) is 4.02. The number of aliphatic carboxylic acids is 1. The highest BCUT2D eigenvalue weighted by atomic mass is 16.4. The number of carboxylic acid groups (broad SMARTS) is 1. The predicted octanol–water partition coefficient (Wildman–Crippen LogP) is 2.98. The van der Waals surface area contributed by atoms with E-state index in [2.05, 4.69) is 12.2 Å². The van der Waals surface area contributed by atoms with Gasteiger partial charge >= 0.3 is 5.97 Å². The smallest absolute Gasteiger partial charge is 0.325 e. The van der Waals surface area contributed by atoms with Gasteiger partial charge in [-0.3, -0.25) is 4.79 Å². The van der Waals surface area contributed by atoms with Crippen molar-refractivity contribution < 1.29 is 9.90 Å². The van der Waals surface area contributed by atoms with Gasteiger partial charge in [0.2, 0.25) is 0 Å². The van der Waals surface area contributed by atoms with Gasteiger partial charge in [-0.25, -0.2) is 0 Å². The van der Waals surface area contributed by atoms with E-state index in [9.17, 15) is 9.90 Å². The van der Waals surface area contributed by atoms with E-state index in [1.165, 1.54) is 25.7 Å². The molecule has 0 heterocycles. The molecule has 2 rings (SSSR count). The summed E-state index contributed by atoms with van der Waals surface area (Å²) in [6.07, 6.45) is 4.92. The van der Waals surface area contributed by atoms with Crippen LogP contribution in [0.5, 0.6) is 0 Å².